The summed E-state index contributed by atoms with van der Waals surface area (Å²) in [6.07, 6.45) is 7.49. The van der Waals surface area contributed by atoms with Gasteiger partial charge in [-0.25, -0.2) is 4.98 Å². The van der Waals surface area contributed by atoms with Crippen LogP contribution in [0.2, 0.25) is 0 Å². The fraction of sp³-hybridized carbons (Fsp3) is 0.636. The lowest BCUT2D eigenvalue weighted by molar-refractivity contribution is 0.187. The highest BCUT2D eigenvalue weighted by molar-refractivity contribution is 5.77. The van der Waals surface area contributed by atoms with Crippen LogP contribution in [-0.2, 0) is 6.54 Å². The van der Waals surface area contributed by atoms with E-state index < -0.39 is 0 Å². The predicted molar refractivity (Wildman–Crippen MR) is 112 cm³/mol. The van der Waals surface area contributed by atoms with Gasteiger partial charge >= 0.3 is 0 Å². The number of likely N-dealkylation sites (tertiary alicyclic amines) is 2. The van der Waals surface area contributed by atoms with Crippen molar-refractivity contribution in [1.82, 2.24) is 19.4 Å². The first-order valence-electron chi connectivity index (χ1n) is 10.8. The van der Waals surface area contributed by atoms with E-state index in [-0.39, 0.29) is 18.2 Å². The third-order valence-electron chi connectivity index (χ3n) is 6.28. The van der Waals surface area contributed by atoms with Gasteiger partial charge in [0, 0.05) is 13.1 Å². The Morgan fingerprint density at radius 3 is 2.54 bits per heavy atom. The molecule has 0 radical (unpaired) electrons. The van der Waals surface area contributed by atoms with Crippen LogP contribution in [0.25, 0.3) is 10.9 Å². The van der Waals surface area contributed by atoms with Crippen LogP contribution >= 0.6 is 0 Å². The number of rotatable bonds is 6. The van der Waals surface area contributed by atoms with E-state index in [1.807, 2.05) is 24.3 Å². The number of hydrogen-bond donors (Lipinski definition) is 1. The molecule has 6 heteroatoms. The molecule has 1 N–H and O–H groups in total. The molecule has 4 rings (SSSR count). The molecule has 0 bridgehead atoms. The van der Waals surface area contributed by atoms with Gasteiger partial charge in [-0.3, -0.25) is 14.3 Å². The smallest absolute Gasteiger partial charge is 0.261 e. The molecule has 0 aliphatic carbocycles. The van der Waals surface area contributed by atoms with Crippen LogP contribution in [0, 0.1) is 0 Å². The second kappa shape index (κ2) is 9.16. The highest BCUT2D eigenvalue weighted by Gasteiger charge is 2.30. The quantitative estimate of drug-likeness (QED) is 0.829. The molecule has 6 nitrogen and oxygen atoms in total. The lowest BCUT2D eigenvalue weighted by Gasteiger charge is -2.29. The van der Waals surface area contributed by atoms with E-state index in [0.717, 1.165) is 43.8 Å². The van der Waals surface area contributed by atoms with E-state index in [0.29, 0.717) is 11.9 Å². The van der Waals surface area contributed by atoms with Crippen LogP contribution in [-0.4, -0.2) is 63.8 Å². The number of fused-ring (bicyclic) bond motifs is 1. The average molecular weight is 385 g/mol. The summed E-state index contributed by atoms with van der Waals surface area (Å²) < 4.78 is 1.71. The van der Waals surface area contributed by atoms with Gasteiger partial charge in [-0.1, -0.05) is 25.0 Å². The van der Waals surface area contributed by atoms with Crippen LogP contribution in [0.5, 0.6) is 0 Å². The Balaban J connectivity index is 1.58. The Hall–Kier alpha value is -1.76. The van der Waals surface area contributed by atoms with Crippen molar-refractivity contribution in [2.45, 2.75) is 51.1 Å². The maximum Gasteiger partial charge on any atom is 0.261 e. The van der Waals surface area contributed by atoms with Gasteiger partial charge in [0.25, 0.3) is 5.56 Å². The van der Waals surface area contributed by atoms with Crippen molar-refractivity contribution in [1.29, 1.82) is 0 Å². The second-order valence-electron chi connectivity index (χ2n) is 8.12. The molecule has 2 aliphatic heterocycles. The zero-order chi connectivity index (χ0) is 19.3. The lowest BCUT2D eigenvalue weighted by Crippen LogP contribution is -2.38. The third kappa shape index (κ3) is 4.14. The van der Waals surface area contributed by atoms with Gasteiger partial charge in [0.15, 0.2) is 0 Å². The zero-order valence-electron chi connectivity index (χ0n) is 16.7. The highest BCUT2D eigenvalue weighted by Crippen LogP contribution is 2.31. The van der Waals surface area contributed by atoms with Crippen molar-refractivity contribution in [3.05, 3.63) is 40.4 Å². The molecular formula is C22H32N4O2. The van der Waals surface area contributed by atoms with Crippen LogP contribution in [0.3, 0.4) is 0 Å². The Kier molecular flexibility index (Phi) is 6.40. The number of para-hydroxylation sites is 1. The zero-order valence-corrected chi connectivity index (χ0v) is 16.7. The second-order valence-corrected chi connectivity index (χ2v) is 8.12. The maximum absolute atomic E-state index is 13.0. The van der Waals surface area contributed by atoms with Gasteiger partial charge in [0.1, 0.15) is 5.82 Å². The molecule has 1 atom stereocenters. The lowest BCUT2D eigenvalue weighted by atomic mass is 10.1. The number of aliphatic hydroxyl groups excluding tert-OH is 1. The predicted octanol–water partition coefficient (Wildman–Crippen LogP) is 2.40. The monoisotopic (exact) mass is 384 g/mol. The SMILES string of the molecule is O=c1c2ccccc2nc(C2CCCN2CCN2CCCCCC2)n1CCO. The summed E-state index contributed by atoms with van der Waals surface area (Å²) >= 11 is 0. The first kappa shape index (κ1) is 19.6. The Bertz CT molecular complexity index is 842. The molecule has 1 unspecified atom stereocenters. The summed E-state index contributed by atoms with van der Waals surface area (Å²) in [5.41, 5.74) is 0.727. The molecule has 0 saturated carbocycles. The fourth-order valence-corrected chi connectivity index (χ4v) is 4.77. The molecule has 2 aromatic rings. The number of hydrogen-bond acceptors (Lipinski definition) is 5. The van der Waals surface area contributed by atoms with Crippen molar-refractivity contribution < 1.29 is 5.11 Å². The Morgan fingerprint density at radius 2 is 1.75 bits per heavy atom. The van der Waals surface area contributed by atoms with Gasteiger partial charge < -0.3 is 10.0 Å². The Morgan fingerprint density at radius 1 is 0.964 bits per heavy atom. The summed E-state index contributed by atoms with van der Waals surface area (Å²) in [6, 6.07) is 7.71. The maximum atomic E-state index is 13.0. The molecule has 2 fully saturated rings. The number of aromatic nitrogens is 2. The van der Waals surface area contributed by atoms with Crippen molar-refractivity contribution in [3.8, 4) is 0 Å². The summed E-state index contributed by atoms with van der Waals surface area (Å²) in [6.45, 7) is 5.85. The van der Waals surface area contributed by atoms with Gasteiger partial charge in [0.05, 0.1) is 30.1 Å². The van der Waals surface area contributed by atoms with Gasteiger partial charge in [0.2, 0.25) is 0 Å². The van der Waals surface area contributed by atoms with Crippen molar-refractivity contribution in [2.24, 2.45) is 0 Å². The fourth-order valence-electron chi connectivity index (χ4n) is 4.77. The van der Waals surface area contributed by atoms with Gasteiger partial charge in [-0.05, 0) is 57.5 Å². The van der Waals surface area contributed by atoms with E-state index >= 15 is 0 Å². The number of benzene rings is 1. The minimum absolute atomic E-state index is 0.0333. The molecule has 1 aromatic carbocycles. The van der Waals surface area contributed by atoms with E-state index in [1.54, 1.807) is 4.57 Å². The minimum atomic E-state index is -0.0482. The molecule has 28 heavy (non-hydrogen) atoms. The molecule has 2 saturated heterocycles. The summed E-state index contributed by atoms with van der Waals surface area (Å²) in [5.74, 6) is 0.825. The van der Waals surface area contributed by atoms with Crippen LogP contribution in [0.4, 0.5) is 0 Å². The van der Waals surface area contributed by atoms with Crippen molar-refractivity contribution in [3.63, 3.8) is 0 Å². The summed E-state index contributed by atoms with van der Waals surface area (Å²) in [7, 11) is 0. The summed E-state index contributed by atoms with van der Waals surface area (Å²) in [5, 5.41) is 10.2. The largest absolute Gasteiger partial charge is 0.395 e. The van der Waals surface area contributed by atoms with E-state index in [1.165, 1.54) is 38.8 Å². The van der Waals surface area contributed by atoms with Crippen molar-refractivity contribution in [2.75, 3.05) is 39.3 Å². The van der Waals surface area contributed by atoms with Crippen LogP contribution < -0.4 is 5.56 Å². The van der Waals surface area contributed by atoms with Crippen LogP contribution in [0.1, 0.15) is 50.4 Å². The highest BCUT2D eigenvalue weighted by atomic mass is 16.3. The number of nitrogens with zero attached hydrogens (tertiary/aromatic N) is 4. The molecular weight excluding hydrogens is 352 g/mol. The third-order valence-corrected chi connectivity index (χ3v) is 6.28. The van der Waals surface area contributed by atoms with E-state index in [9.17, 15) is 9.90 Å². The molecule has 1 aromatic heterocycles. The molecule has 3 heterocycles. The summed E-state index contributed by atoms with van der Waals surface area (Å²) in [4.78, 5) is 23.0. The van der Waals surface area contributed by atoms with E-state index in [4.69, 9.17) is 4.98 Å². The van der Waals surface area contributed by atoms with Crippen molar-refractivity contribution >= 4 is 10.9 Å². The topological polar surface area (TPSA) is 61.6 Å². The molecule has 0 spiro atoms. The molecule has 2 aliphatic rings. The average Bonchev–Trinajstić information content (AvgIpc) is 3.02. The standard InChI is InChI=1S/C22H32N4O2/c27-17-16-26-21(23-19-9-4-3-8-18(19)22(26)28)20-10-7-13-25(20)15-14-24-11-5-1-2-6-12-24/h3-4,8-9,20,27H,1-2,5-7,10-17H2. The molecule has 152 valence electrons. The van der Waals surface area contributed by atoms with Crippen LogP contribution in [0.15, 0.2) is 29.1 Å². The minimum Gasteiger partial charge on any atom is -0.395 e. The number of aliphatic hydroxyl groups is 1. The first-order chi connectivity index (χ1) is 13.8. The molecule has 0 amide bonds. The Labute approximate surface area is 166 Å². The van der Waals surface area contributed by atoms with E-state index in [2.05, 4.69) is 9.80 Å². The van der Waals surface area contributed by atoms with Gasteiger partial charge in [-0.2, -0.15) is 0 Å². The first-order valence-corrected chi connectivity index (χ1v) is 10.8. The normalized spacial score (nSPS) is 22.0. The van der Waals surface area contributed by atoms with Gasteiger partial charge in [-0.15, -0.1) is 0 Å².